The summed E-state index contributed by atoms with van der Waals surface area (Å²) in [5.74, 6) is 1.13. The molecule has 10 nitrogen and oxygen atoms in total. The Balaban J connectivity index is 1.29. The number of nitrogens with two attached hydrogens (primary N) is 1. The second-order valence-electron chi connectivity index (χ2n) is 7.76. The minimum absolute atomic E-state index is 0.112. The van der Waals surface area contributed by atoms with Crippen LogP contribution in [0.1, 0.15) is 12.8 Å². The summed E-state index contributed by atoms with van der Waals surface area (Å²) in [6, 6.07) is 2.04. The van der Waals surface area contributed by atoms with Crippen molar-refractivity contribution in [2.45, 2.75) is 36.9 Å². The fourth-order valence-electron chi connectivity index (χ4n) is 4.04. The quantitative estimate of drug-likeness (QED) is 0.543. The normalized spacial score (nSPS) is 32.6. The van der Waals surface area contributed by atoms with Crippen molar-refractivity contribution in [3.8, 4) is 6.01 Å². The number of aliphatic hydroxyl groups is 1. The van der Waals surface area contributed by atoms with Crippen LogP contribution in [0.5, 0.6) is 6.01 Å². The van der Waals surface area contributed by atoms with Gasteiger partial charge in [-0.25, -0.2) is 4.98 Å². The minimum atomic E-state index is -1.25. The fraction of sp³-hybridized carbons (Fsp3) is 0.667. The van der Waals surface area contributed by atoms with E-state index in [4.69, 9.17) is 36.3 Å². The van der Waals surface area contributed by atoms with Crippen molar-refractivity contribution in [2.75, 3.05) is 38.3 Å². The van der Waals surface area contributed by atoms with E-state index in [2.05, 4.69) is 20.3 Å². The Bertz CT molecular complexity index is 891. The molecule has 0 saturated carbocycles. The highest BCUT2D eigenvalue weighted by atomic mass is 35.5. The average molecular weight is 426 g/mol. The molecule has 3 aliphatic heterocycles. The first kappa shape index (κ1) is 19.3. The Morgan fingerprint density at radius 1 is 1.34 bits per heavy atom. The summed E-state index contributed by atoms with van der Waals surface area (Å²) in [6.07, 6.45) is 0.106. The van der Waals surface area contributed by atoms with Gasteiger partial charge in [0.15, 0.2) is 17.5 Å². The summed E-state index contributed by atoms with van der Waals surface area (Å²) in [5.41, 5.74) is 6.01. The van der Waals surface area contributed by atoms with E-state index in [1.165, 1.54) is 0 Å². The van der Waals surface area contributed by atoms with E-state index >= 15 is 0 Å². The van der Waals surface area contributed by atoms with Crippen molar-refractivity contribution in [3.63, 3.8) is 0 Å². The summed E-state index contributed by atoms with van der Waals surface area (Å²) in [6.45, 7) is 2.68. The topological polar surface area (TPSA) is 137 Å². The van der Waals surface area contributed by atoms with Crippen LogP contribution >= 0.6 is 11.6 Å². The largest absolute Gasteiger partial charge is 0.456 e. The highest BCUT2D eigenvalue weighted by Gasteiger charge is 2.58. The molecule has 2 aromatic rings. The van der Waals surface area contributed by atoms with Gasteiger partial charge in [-0.15, -0.1) is 0 Å². The van der Waals surface area contributed by atoms with Gasteiger partial charge in [-0.05, 0) is 24.8 Å². The molecule has 158 valence electrons. The third kappa shape index (κ3) is 3.54. The van der Waals surface area contributed by atoms with E-state index in [-0.39, 0.29) is 19.2 Å². The van der Waals surface area contributed by atoms with E-state index < -0.39 is 24.0 Å². The lowest BCUT2D eigenvalue weighted by Gasteiger charge is -2.24. The van der Waals surface area contributed by atoms with E-state index in [1.54, 1.807) is 6.07 Å². The monoisotopic (exact) mass is 425 g/mol. The number of fused-ring (bicyclic) bond motifs is 2. The standard InChI is InChI=1S/C18H24ClN5O5/c19-10-5-11-16(23-15(10)21-6-9-1-3-26-4-2-9)24-17(22-11)29-12-7-28-18(20)13(25)8-27-14(12)18/h5,9,12-14,25H,1-4,6-8,20H2,(H2,21,22,23,24)/t12-,13-,14-,18-/m1/s1. The second kappa shape index (κ2) is 7.53. The molecule has 0 radical (unpaired) electrons. The Kier molecular flexibility index (Phi) is 5.01. The molecule has 2 aromatic heterocycles. The van der Waals surface area contributed by atoms with Crippen LogP contribution in [0.15, 0.2) is 6.07 Å². The molecule has 0 unspecified atom stereocenters. The molecule has 3 aliphatic rings. The van der Waals surface area contributed by atoms with E-state index in [0.29, 0.717) is 27.9 Å². The molecule has 11 heteroatoms. The summed E-state index contributed by atoms with van der Waals surface area (Å²) in [5, 5.41) is 13.8. The molecule has 0 aromatic carbocycles. The molecule has 5 rings (SSSR count). The lowest BCUT2D eigenvalue weighted by atomic mass is 10.0. The van der Waals surface area contributed by atoms with Gasteiger partial charge in [0.2, 0.25) is 0 Å². The first-order valence-corrected chi connectivity index (χ1v) is 10.2. The fourth-order valence-corrected chi connectivity index (χ4v) is 4.26. The number of anilines is 1. The first-order valence-electron chi connectivity index (χ1n) is 9.80. The van der Waals surface area contributed by atoms with Gasteiger partial charge in [-0.1, -0.05) is 11.6 Å². The second-order valence-corrected chi connectivity index (χ2v) is 8.17. The van der Waals surface area contributed by atoms with Crippen molar-refractivity contribution in [2.24, 2.45) is 11.7 Å². The Labute approximate surface area is 172 Å². The number of nitrogens with zero attached hydrogens (tertiary/aromatic N) is 2. The van der Waals surface area contributed by atoms with Crippen LogP contribution in [-0.4, -0.2) is 77.1 Å². The number of H-pyrrole nitrogens is 1. The number of hydrogen-bond donors (Lipinski definition) is 4. The Hall–Kier alpha value is -1.69. The van der Waals surface area contributed by atoms with Gasteiger partial charge in [-0.2, -0.15) is 4.98 Å². The number of aromatic amines is 1. The lowest BCUT2D eigenvalue weighted by molar-refractivity contribution is -0.0715. The molecule has 4 atom stereocenters. The van der Waals surface area contributed by atoms with Crippen LogP contribution in [0.3, 0.4) is 0 Å². The number of imidazole rings is 1. The van der Waals surface area contributed by atoms with Gasteiger partial charge in [0.25, 0.3) is 6.01 Å². The number of aliphatic hydroxyl groups excluding tert-OH is 1. The SMILES string of the molecule is N[C@]12OC[C@@H](Oc3nc4nc(NCC5CCOCC5)c(Cl)cc4[nH]3)[C@H]1OC[C@H]2O. The third-order valence-corrected chi connectivity index (χ3v) is 6.09. The number of hydrogen-bond acceptors (Lipinski definition) is 9. The van der Waals surface area contributed by atoms with Gasteiger partial charge in [0, 0.05) is 19.8 Å². The number of aromatic nitrogens is 3. The molecule has 0 spiro atoms. The van der Waals surface area contributed by atoms with Gasteiger partial charge in [-0.3, -0.25) is 5.73 Å². The number of ether oxygens (including phenoxy) is 4. The maximum atomic E-state index is 9.97. The predicted octanol–water partition coefficient (Wildman–Crippen LogP) is 0.642. The van der Waals surface area contributed by atoms with Crippen molar-refractivity contribution < 1.29 is 24.1 Å². The summed E-state index contributed by atoms with van der Waals surface area (Å²) >= 11 is 6.39. The number of halogens is 1. The predicted molar refractivity (Wildman–Crippen MR) is 104 cm³/mol. The number of rotatable bonds is 5. The maximum absolute atomic E-state index is 9.97. The van der Waals surface area contributed by atoms with Crippen LogP contribution < -0.4 is 15.8 Å². The molecule has 0 bridgehead atoms. The Morgan fingerprint density at radius 3 is 3.00 bits per heavy atom. The van der Waals surface area contributed by atoms with Gasteiger partial charge in [0.1, 0.15) is 18.0 Å². The van der Waals surface area contributed by atoms with Gasteiger partial charge in [0.05, 0.1) is 23.8 Å². The minimum Gasteiger partial charge on any atom is -0.456 e. The molecule has 29 heavy (non-hydrogen) atoms. The molecule has 0 amide bonds. The first-order chi connectivity index (χ1) is 14.0. The average Bonchev–Trinajstić information content (AvgIpc) is 3.34. The van der Waals surface area contributed by atoms with E-state index in [0.717, 1.165) is 32.6 Å². The van der Waals surface area contributed by atoms with Crippen LogP contribution in [-0.2, 0) is 14.2 Å². The zero-order valence-electron chi connectivity index (χ0n) is 15.8. The molecular weight excluding hydrogens is 402 g/mol. The Morgan fingerprint density at radius 2 is 2.17 bits per heavy atom. The van der Waals surface area contributed by atoms with Crippen LogP contribution in [0.25, 0.3) is 11.2 Å². The zero-order chi connectivity index (χ0) is 20.0. The molecule has 5 N–H and O–H groups in total. The van der Waals surface area contributed by atoms with Crippen molar-refractivity contribution in [1.29, 1.82) is 0 Å². The highest BCUT2D eigenvalue weighted by Crippen LogP contribution is 2.35. The smallest absolute Gasteiger partial charge is 0.296 e. The van der Waals surface area contributed by atoms with Crippen LogP contribution in [0.4, 0.5) is 5.82 Å². The van der Waals surface area contributed by atoms with Crippen LogP contribution in [0, 0.1) is 5.92 Å². The van der Waals surface area contributed by atoms with Crippen molar-refractivity contribution in [3.05, 3.63) is 11.1 Å². The van der Waals surface area contributed by atoms with Crippen molar-refractivity contribution >= 4 is 28.6 Å². The van der Waals surface area contributed by atoms with Crippen LogP contribution in [0.2, 0.25) is 5.02 Å². The summed E-state index contributed by atoms with van der Waals surface area (Å²) in [7, 11) is 0. The maximum Gasteiger partial charge on any atom is 0.296 e. The summed E-state index contributed by atoms with van der Waals surface area (Å²) in [4.78, 5) is 12.0. The molecule has 3 fully saturated rings. The highest BCUT2D eigenvalue weighted by molar-refractivity contribution is 6.33. The lowest BCUT2D eigenvalue weighted by Crippen LogP contribution is -2.55. The molecule has 3 saturated heterocycles. The van der Waals surface area contributed by atoms with E-state index in [1.807, 2.05) is 0 Å². The van der Waals surface area contributed by atoms with Gasteiger partial charge >= 0.3 is 0 Å². The molecule has 0 aliphatic carbocycles. The zero-order valence-corrected chi connectivity index (χ0v) is 16.5. The van der Waals surface area contributed by atoms with Crippen molar-refractivity contribution in [1.82, 2.24) is 15.0 Å². The van der Waals surface area contributed by atoms with Gasteiger partial charge < -0.3 is 34.4 Å². The summed E-state index contributed by atoms with van der Waals surface area (Å²) < 4.78 is 22.4. The molecular formula is C18H24ClN5O5. The third-order valence-electron chi connectivity index (χ3n) is 5.80. The number of pyridine rings is 1. The molecule has 5 heterocycles. The number of nitrogens with one attached hydrogen (secondary N) is 2. The van der Waals surface area contributed by atoms with E-state index in [9.17, 15) is 5.11 Å².